The van der Waals surface area contributed by atoms with Gasteiger partial charge in [0.1, 0.15) is 48.8 Å². The van der Waals surface area contributed by atoms with E-state index in [2.05, 4.69) is 165 Å². The first-order chi connectivity index (χ1) is 45.1. The molecule has 2 rings (SSSR count). The van der Waals surface area contributed by atoms with E-state index in [1.54, 1.807) is 0 Å². The monoisotopic (exact) mass is 1290 g/mol. The third kappa shape index (κ3) is 43.8. The van der Waals surface area contributed by atoms with Gasteiger partial charge in [-0.1, -0.05) is 282 Å². The minimum atomic E-state index is -1.79. The van der Waals surface area contributed by atoms with Crippen molar-refractivity contribution in [3.8, 4) is 0 Å². The van der Waals surface area contributed by atoms with Gasteiger partial charge in [0.05, 0.1) is 32.0 Å². The highest BCUT2D eigenvalue weighted by Gasteiger charge is 2.51. The lowest BCUT2D eigenvalue weighted by atomic mass is 9.97. The summed E-state index contributed by atoms with van der Waals surface area (Å²) >= 11 is 0. The minimum Gasteiger partial charge on any atom is -0.394 e. The summed E-state index contributed by atoms with van der Waals surface area (Å²) in [6.45, 7) is 2.73. The fraction of sp³-hybridized carbons (Fsp3) is 0.679. The van der Waals surface area contributed by atoms with Crippen molar-refractivity contribution in [2.24, 2.45) is 0 Å². The molecule has 0 aromatic rings. The molecule has 2 saturated heterocycles. The van der Waals surface area contributed by atoms with Crippen molar-refractivity contribution >= 4 is 5.91 Å². The molecule has 0 spiro atoms. The average molecular weight is 1290 g/mol. The molecule has 1 amide bonds. The maximum atomic E-state index is 13.3. The molecule has 0 aromatic heterocycles. The Labute approximate surface area is 557 Å². The zero-order valence-electron chi connectivity index (χ0n) is 57.0. The van der Waals surface area contributed by atoms with Crippen molar-refractivity contribution in [3.63, 3.8) is 0 Å². The number of amides is 1. The molecule has 12 unspecified atom stereocenters. The number of hydrogen-bond donors (Lipinski definition) is 9. The van der Waals surface area contributed by atoms with E-state index in [-0.39, 0.29) is 18.9 Å². The van der Waals surface area contributed by atoms with Crippen molar-refractivity contribution in [2.75, 3.05) is 19.8 Å². The fourth-order valence-electron chi connectivity index (χ4n) is 10.9. The third-order valence-corrected chi connectivity index (χ3v) is 16.6. The molecule has 0 saturated carbocycles. The van der Waals surface area contributed by atoms with Crippen molar-refractivity contribution in [3.05, 3.63) is 146 Å². The van der Waals surface area contributed by atoms with Crippen LogP contribution in [0.5, 0.6) is 0 Å². The summed E-state index contributed by atoms with van der Waals surface area (Å²) in [5.74, 6) is -0.236. The highest BCUT2D eigenvalue weighted by atomic mass is 16.7. The Balaban J connectivity index is 1.65. The summed E-state index contributed by atoms with van der Waals surface area (Å²) in [7, 11) is 0. The lowest BCUT2D eigenvalue weighted by Crippen LogP contribution is -2.65. The summed E-state index contributed by atoms with van der Waals surface area (Å²) in [6.07, 6.45) is 74.3. The number of hydrogen-bond acceptors (Lipinski definition) is 13. The third-order valence-electron chi connectivity index (χ3n) is 16.6. The fourth-order valence-corrected chi connectivity index (χ4v) is 10.9. The first-order valence-electron chi connectivity index (χ1n) is 36.1. The first kappa shape index (κ1) is 84.0. The standard InChI is InChI=1S/C78H129NO13/c1-3-5-7-9-11-13-15-17-19-21-22-23-24-25-26-27-28-29-30-31-32-33-34-35-36-37-38-39-40-41-42-43-44-46-48-50-52-54-56-58-60-62-70(83)79-66(67(82)61-59-57-55-53-51-49-47-45-20-18-16-14-12-10-8-6-4-2)65-89-77-75(88)73(86)76(69(64-81)91-77)92-78-74(87)72(85)71(84)68(63-80)90-78/h5,7,11,13,17,19,22-23,25-26,28-29,31-32,34-35,37-38,40-41,43-44,48,50,66-69,71-78,80-82,84-88H,3-4,6,8-10,12,14-16,18,20-21,24,27,30,33,36,39,42,45-47,49,51-65H2,1-2H3,(H,79,83)/b7-5-,13-11-,19-17-,23-22-,26-25-,29-28-,32-31-,35-34-,38-37-,41-40-,44-43-,50-48-. The molecular formula is C78H129NO13. The minimum absolute atomic E-state index is 0.236. The predicted octanol–water partition coefficient (Wildman–Crippen LogP) is 15.2. The van der Waals surface area contributed by atoms with Gasteiger partial charge in [0.15, 0.2) is 12.6 Å². The van der Waals surface area contributed by atoms with Crippen LogP contribution in [0.15, 0.2) is 146 Å². The van der Waals surface area contributed by atoms with E-state index in [1.165, 1.54) is 83.5 Å². The molecule has 14 heteroatoms. The Morgan fingerprint density at radius 3 is 1.15 bits per heavy atom. The number of carbonyl (C=O) groups excluding carboxylic acids is 1. The second kappa shape index (κ2) is 60.5. The van der Waals surface area contributed by atoms with Gasteiger partial charge in [-0.05, 0) is 103 Å². The van der Waals surface area contributed by atoms with E-state index in [0.29, 0.717) is 12.8 Å². The van der Waals surface area contributed by atoms with Gasteiger partial charge in [-0.15, -0.1) is 0 Å². The Bertz CT molecular complexity index is 2110. The van der Waals surface area contributed by atoms with Gasteiger partial charge in [0.2, 0.25) is 5.91 Å². The van der Waals surface area contributed by atoms with Crippen LogP contribution in [0.2, 0.25) is 0 Å². The van der Waals surface area contributed by atoms with E-state index in [0.717, 1.165) is 128 Å². The van der Waals surface area contributed by atoms with Crippen LogP contribution in [0.3, 0.4) is 0 Å². The average Bonchev–Trinajstić information content (AvgIpc) is 0.856. The number of carbonyl (C=O) groups is 1. The lowest BCUT2D eigenvalue weighted by Gasteiger charge is -2.46. The normalized spacial score (nSPS) is 23.6. The molecule has 0 aliphatic carbocycles. The summed E-state index contributed by atoms with van der Waals surface area (Å²) in [4.78, 5) is 13.3. The maximum Gasteiger partial charge on any atom is 0.220 e. The van der Waals surface area contributed by atoms with Crippen LogP contribution in [0.1, 0.15) is 245 Å². The van der Waals surface area contributed by atoms with Gasteiger partial charge in [-0.2, -0.15) is 0 Å². The Morgan fingerprint density at radius 2 is 0.750 bits per heavy atom. The van der Waals surface area contributed by atoms with Crippen molar-refractivity contribution in [1.82, 2.24) is 5.32 Å². The number of ether oxygens (including phenoxy) is 4. The summed E-state index contributed by atoms with van der Waals surface area (Å²) in [6, 6.07) is -0.854. The van der Waals surface area contributed by atoms with Gasteiger partial charge in [-0.3, -0.25) is 4.79 Å². The molecular weight excluding hydrogens is 1160 g/mol. The number of aliphatic hydroxyl groups is 8. The number of allylic oxidation sites excluding steroid dienone is 24. The van der Waals surface area contributed by atoms with Crippen LogP contribution in [-0.2, 0) is 23.7 Å². The Kier molecular flexibility index (Phi) is 55.2. The molecule has 524 valence electrons. The van der Waals surface area contributed by atoms with E-state index in [9.17, 15) is 45.6 Å². The number of rotatable bonds is 57. The van der Waals surface area contributed by atoms with Gasteiger partial charge in [0, 0.05) is 6.42 Å². The van der Waals surface area contributed by atoms with Crippen molar-refractivity contribution in [2.45, 2.75) is 319 Å². The molecule has 2 heterocycles. The Morgan fingerprint density at radius 1 is 0.402 bits per heavy atom. The molecule has 0 bridgehead atoms. The molecule has 2 fully saturated rings. The molecule has 2 aliphatic heterocycles. The van der Waals surface area contributed by atoms with Crippen LogP contribution >= 0.6 is 0 Å². The summed E-state index contributed by atoms with van der Waals surface area (Å²) in [5.41, 5.74) is 0. The van der Waals surface area contributed by atoms with Crippen molar-refractivity contribution in [1.29, 1.82) is 0 Å². The van der Waals surface area contributed by atoms with E-state index >= 15 is 0 Å². The van der Waals surface area contributed by atoms with Gasteiger partial charge in [0.25, 0.3) is 0 Å². The van der Waals surface area contributed by atoms with Crippen molar-refractivity contribution < 1.29 is 64.6 Å². The maximum absolute atomic E-state index is 13.3. The Hall–Kier alpha value is -4.13. The van der Waals surface area contributed by atoms with E-state index in [4.69, 9.17) is 18.9 Å². The topological polar surface area (TPSA) is 228 Å². The second-order valence-electron chi connectivity index (χ2n) is 24.6. The number of nitrogens with one attached hydrogen (secondary N) is 1. The molecule has 12 atom stereocenters. The summed E-state index contributed by atoms with van der Waals surface area (Å²) < 4.78 is 22.9. The smallest absolute Gasteiger partial charge is 0.220 e. The molecule has 0 aromatic carbocycles. The SMILES string of the molecule is CC/C=C\C/C=C\C/C=C\C/C=C\C/C=C\C/C=C\C/C=C\C/C=C\C/C=C\C/C=C\C/C=C\C/C=C\CCCCCCC(=O)NC(COC1OC(CO)C(OC2OC(CO)C(O)C(O)C2O)C(O)C1O)C(O)CCCCCCCCCCCCCCCCCCC. The zero-order chi connectivity index (χ0) is 66.6. The van der Waals surface area contributed by atoms with E-state index < -0.39 is 86.8 Å². The van der Waals surface area contributed by atoms with E-state index in [1.807, 2.05) is 0 Å². The highest BCUT2D eigenvalue weighted by molar-refractivity contribution is 5.76. The molecule has 9 N–H and O–H groups in total. The first-order valence-corrected chi connectivity index (χ1v) is 36.1. The zero-order valence-corrected chi connectivity index (χ0v) is 57.0. The van der Waals surface area contributed by atoms with Crippen LogP contribution in [0.4, 0.5) is 0 Å². The summed E-state index contributed by atoms with van der Waals surface area (Å²) in [5, 5.41) is 87.5. The number of unbranched alkanes of at least 4 members (excludes halogenated alkanes) is 20. The van der Waals surface area contributed by atoms with Crippen LogP contribution in [-0.4, -0.2) is 140 Å². The predicted molar refractivity (Wildman–Crippen MR) is 378 cm³/mol. The van der Waals surface area contributed by atoms with Gasteiger partial charge < -0.3 is 65.1 Å². The lowest BCUT2D eigenvalue weighted by molar-refractivity contribution is -0.359. The van der Waals surface area contributed by atoms with Crippen LogP contribution in [0.25, 0.3) is 0 Å². The largest absolute Gasteiger partial charge is 0.394 e. The quantitative estimate of drug-likeness (QED) is 0.0204. The van der Waals surface area contributed by atoms with Gasteiger partial charge >= 0.3 is 0 Å². The van der Waals surface area contributed by atoms with Crippen LogP contribution < -0.4 is 5.32 Å². The molecule has 14 nitrogen and oxygen atoms in total. The molecule has 0 radical (unpaired) electrons. The highest BCUT2D eigenvalue weighted by Crippen LogP contribution is 2.30. The second-order valence-corrected chi connectivity index (χ2v) is 24.6. The van der Waals surface area contributed by atoms with Gasteiger partial charge in [-0.25, -0.2) is 0 Å². The molecule has 92 heavy (non-hydrogen) atoms. The number of aliphatic hydroxyl groups excluding tert-OH is 8. The van der Waals surface area contributed by atoms with Crippen LogP contribution in [0, 0.1) is 0 Å². The molecule has 2 aliphatic rings.